The molecule has 2 aliphatic carbocycles. The molecule has 2 fully saturated rings. The molecule has 2 aromatic rings. The van der Waals surface area contributed by atoms with Gasteiger partial charge in [0.1, 0.15) is 17.7 Å². The van der Waals surface area contributed by atoms with E-state index >= 15 is 0 Å². The molecule has 1 aromatic carbocycles. The van der Waals surface area contributed by atoms with Crippen molar-refractivity contribution in [3.05, 3.63) is 30.0 Å². The van der Waals surface area contributed by atoms with Crippen molar-refractivity contribution in [1.29, 1.82) is 0 Å². The van der Waals surface area contributed by atoms with E-state index < -0.39 is 6.23 Å². The van der Waals surface area contributed by atoms with Gasteiger partial charge in [-0.15, -0.1) is 0 Å². The second-order valence-corrected chi connectivity index (χ2v) is 12.3. The minimum absolute atomic E-state index is 0.0976. The second kappa shape index (κ2) is 11.8. The molecule has 10 heteroatoms. The van der Waals surface area contributed by atoms with Crippen LogP contribution in [-0.2, 0) is 0 Å². The SMILES string of the molecule is COc1cc(C(=O)NC[C@@H]2CCCC[C@H]2O)ccc1Nc1ncc2c(n1)N(C1CCCC1)CC(C)(C)C(O)N2C. The van der Waals surface area contributed by atoms with Gasteiger partial charge in [-0.3, -0.25) is 4.79 Å². The Balaban J connectivity index is 1.36. The van der Waals surface area contributed by atoms with Gasteiger partial charge in [0.05, 0.1) is 25.1 Å². The topological polar surface area (TPSA) is 123 Å². The van der Waals surface area contributed by atoms with E-state index in [1.54, 1.807) is 31.5 Å². The zero-order chi connectivity index (χ0) is 28.4. The summed E-state index contributed by atoms with van der Waals surface area (Å²) in [5, 5.41) is 27.6. The van der Waals surface area contributed by atoms with Crippen molar-refractivity contribution in [1.82, 2.24) is 15.3 Å². The van der Waals surface area contributed by atoms with E-state index in [1.165, 1.54) is 12.8 Å². The van der Waals surface area contributed by atoms with Crippen molar-refractivity contribution < 1.29 is 19.7 Å². The van der Waals surface area contributed by atoms with E-state index in [-0.39, 0.29) is 23.3 Å². The molecule has 0 saturated heterocycles. The molecule has 0 radical (unpaired) electrons. The Morgan fingerprint density at radius 1 is 1.12 bits per heavy atom. The fraction of sp³-hybridized carbons (Fsp3) is 0.633. The van der Waals surface area contributed by atoms with Gasteiger partial charge in [0.15, 0.2) is 5.82 Å². The summed E-state index contributed by atoms with van der Waals surface area (Å²) in [6.45, 7) is 5.34. The number of fused-ring (bicyclic) bond motifs is 1. The number of aromatic nitrogens is 2. The zero-order valence-electron chi connectivity index (χ0n) is 24.2. The lowest BCUT2D eigenvalue weighted by atomic mass is 9.86. The number of carbonyl (C=O) groups excluding carboxylic acids is 1. The van der Waals surface area contributed by atoms with Crippen LogP contribution in [0.3, 0.4) is 0 Å². The predicted molar refractivity (Wildman–Crippen MR) is 156 cm³/mol. The molecule has 0 bridgehead atoms. The Hall–Kier alpha value is -3.11. The first-order chi connectivity index (χ1) is 19.2. The minimum atomic E-state index is -0.666. The first kappa shape index (κ1) is 28.4. The number of ether oxygens (including phenoxy) is 1. The molecule has 1 aliphatic heterocycles. The maximum absolute atomic E-state index is 12.9. The van der Waals surface area contributed by atoms with Crippen LogP contribution in [0.2, 0.25) is 0 Å². The lowest BCUT2D eigenvalue weighted by Crippen LogP contribution is -2.48. The summed E-state index contributed by atoms with van der Waals surface area (Å²) < 4.78 is 5.62. The Bertz CT molecular complexity index is 1200. The number of hydrogen-bond donors (Lipinski definition) is 4. The third-order valence-corrected chi connectivity index (χ3v) is 8.92. The van der Waals surface area contributed by atoms with Crippen LogP contribution in [-0.4, -0.2) is 71.7 Å². The number of rotatable bonds is 7. The van der Waals surface area contributed by atoms with Gasteiger partial charge in [0, 0.05) is 43.1 Å². The molecule has 218 valence electrons. The summed E-state index contributed by atoms with van der Waals surface area (Å²) in [5.41, 5.74) is 1.58. The normalized spacial score (nSPS) is 24.8. The number of hydrogen-bond acceptors (Lipinski definition) is 9. The third kappa shape index (κ3) is 5.83. The van der Waals surface area contributed by atoms with Crippen molar-refractivity contribution in [3.8, 4) is 5.75 Å². The van der Waals surface area contributed by atoms with Crippen LogP contribution in [0.15, 0.2) is 24.4 Å². The number of nitrogens with zero attached hydrogens (tertiary/aromatic N) is 4. The fourth-order valence-electron chi connectivity index (χ4n) is 6.46. The van der Waals surface area contributed by atoms with Crippen molar-refractivity contribution >= 4 is 29.0 Å². The quantitative estimate of drug-likeness (QED) is 0.403. The number of anilines is 4. The molecule has 3 atom stereocenters. The van der Waals surface area contributed by atoms with Gasteiger partial charge in [-0.05, 0) is 43.9 Å². The molecule has 0 spiro atoms. The van der Waals surface area contributed by atoms with Gasteiger partial charge in [-0.2, -0.15) is 4.98 Å². The second-order valence-electron chi connectivity index (χ2n) is 12.3. The van der Waals surface area contributed by atoms with Crippen molar-refractivity contribution in [2.75, 3.05) is 42.4 Å². The molecule has 4 N–H and O–H groups in total. The number of aliphatic hydroxyl groups is 2. The van der Waals surface area contributed by atoms with Crippen LogP contribution in [0.1, 0.15) is 75.6 Å². The van der Waals surface area contributed by atoms with E-state index in [0.29, 0.717) is 42.1 Å². The molecule has 10 nitrogen and oxygen atoms in total. The predicted octanol–water partition coefficient (Wildman–Crippen LogP) is 4.05. The monoisotopic (exact) mass is 552 g/mol. The first-order valence-electron chi connectivity index (χ1n) is 14.6. The van der Waals surface area contributed by atoms with Gasteiger partial charge in [-0.25, -0.2) is 4.98 Å². The van der Waals surface area contributed by atoms with Gasteiger partial charge in [-0.1, -0.05) is 39.5 Å². The Morgan fingerprint density at radius 3 is 2.58 bits per heavy atom. The number of methoxy groups -OCH3 is 1. The molecule has 1 aromatic heterocycles. The molecular formula is C30H44N6O4. The molecule has 3 aliphatic rings. The summed E-state index contributed by atoms with van der Waals surface area (Å²) in [4.78, 5) is 26.6. The Labute approximate surface area is 237 Å². The summed E-state index contributed by atoms with van der Waals surface area (Å²) >= 11 is 0. The summed E-state index contributed by atoms with van der Waals surface area (Å²) in [5.74, 6) is 1.65. The first-order valence-corrected chi connectivity index (χ1v) is 14.6. The van der Waals surface area contributed by atoms with Crippen molar-refractivity contribution in [2.45, 2.75) is 83.6 Å². The van der Waals surface area contributed by atoms with Crippen LogP contribution in [0.4, 0.5) is 23.1 Å². The minimum Gasteiger partial charge on any atom is -0.495 e. The van der Waals surface area contributed by atoms with Gasteiger partial charge < -0.3 is 35.4 Å². The Morgan fingerprint density at radius 2 is 1.85 bits per heavy atom. The standard InChI is InChI=1S/C30H44N6O4/c1-30(2)18-36(21-10-6-7-11-21)26-23(35(3)28(30)39)17-32-29(34-26)33-22-14-13-19(15-25(22)40-4)27(38)31-16-20-9-5-8-12-24(20)37/h13-15,17,20-21,24,28,37,39H,5-12,16,18H2,1-4H3,(H,31,38)(H,32,33,34)/t20-,24+,28?/m0/s1. The van der Waals surface area contributed by atoms with Gasteiger partial charge in [0.2, 0.25) is 5.95 Å². The largest absolute Gasteiger partial charge is 0.495 e. The fourth-order valence-corrected chi connectivity index (χ4v) is 6.46. The average Bonchev–Trinajstić information content (AvgIpc) is 3.47. The molecule has 2 saturated carbocycles. The lowest BCUT2D eigenvalue weighted by Gasteiger charge is -2.37. The molecule has 1 amide bonds. The third-order valence-electron chi connectivity index (χ3n) is 8.92. The lowest BCUT2D eigenvalue weighted by molar-refractivity contribution is 0.0574. The summed E-state index contributed by atoms with van der Waals surface area (Å²) in [7, 11) is 3.46. The maximum Gasteiger partial charge on any atom is 0.251 e. The van der Waals surface area contributed by atoms with Crippen LogP contribution in [0.5, 0.6) is 5.75 Å². The van der Waals surface area contributed by atoms with E-state index in [0.717, 1.165) is 50.0 Å². The molecular weight excluding hydrogens is 508 g/mol. The molecule has 40 heavy (non-hydrogen) atoms. The van der Waals surface area contributed by atoms with Crippen LogP contribution in [0, 0.1) is 11.3 Å². The zero-order valence-corrected chi connectivity index (χ0v) is 24.2. The number of nitrogens with one attached hydrogen (secondary N) is 2. The highest BCUT2D eigenvalue weighted by atomic mass is 16.5. The number of amides is 1. The van der Waals surface area contributed by atoms with Crippen LogP contribution in [0.25, 0.3) is 0 Å². The average molecular weight is 553 g/mol. The Kier molecular flexibility index (Phi) is 8.37. The van der Waals surface area contributed by atoms with Crippen LogP contribution < -0.4 is 25.2 Å². The molecule has 5 rings (SSSR count). The van der Waals surface area contributed by atoms with E-state index in [4.69, 9.17) is 9.72 Å². The summed E-state index contributed by atoms with van der Waals surface area (Å²) in [6, 6.07) is 5.63. The highest BCUT2D eigenvalue weighted by Crippen LogP contribution is 2.42. The van der Waals surface area contributed by atoms with Crippen LogP contribution >= 0.6 is 0 Å². The van der Waals surface area contributed by atoms with E-state index in [9.17, 15) is 15.0 Å². The highest BCUT2D eigenvalue weighted by Gasteiger charge is 2.41. The van der Waals surface area contributed by atoms with Gasteiger partial charge >= 0.3 is 0 Å². The van der Waals surface area contributed by atoms with E-state index in [2.05, 4.69) is 34.4 Å². The number of benzene rings is 1. The number of aliphatic hydroxyl groups excluding tert-OH is 2. The van der Waals surface area contributed by atoms with E-state index in [1.807, 2.05) is 11.9 Å². The highest BCUT2D eigenvalue weighted by molar-refractivity contribution is 5.95. The summed E-state index contributed by atoms with van der Waals surface area (Å²) in [6.07, 6.45) is 9.22. The number of carbonyl (C=O) groups is 1. The molecule has 1 unspecified atom stereocenters. The van der Waals surface area contributed by atoms with Crippen molar-refractivity contribution in [3.63, 3.8) is 0 Å². The smallest absolute Gasteiger partial charge is 0.251 e. The van der Waals surface area contributed by atoms with Crippen molar-refractivity contribution in [2.24, 2.45) is 11.3 Å². The van der Waals surface area contributed by atoms with Gasteiger partial charge in [0.25, 0.3) is 5.91 Å². The molecule has 2 heterocycles. The maximum atomic E-state index is 12.9.